The Morgan fingerprint density at radius 3 is 2.52 bits per heavy atom. The fourth-order valence-corrected chi connectivity index (χ4v) is 4.66. The summed E-state index contributed by atoms with van der Waals surface area (Å²) in [6, 6.07) is 9.72. The summed E-state index contributed by atoms with van der Waals surface area (Å²) in [5.41, 5.74) is 0.533. The maximum absolute atomic E-state index is 12.6. The van der Waals surface area contributed by atoms with Crippen LogP contribution in [0.25, 0.3) is 11.5 Å². The number of amides is 1. The molecule has 3 aromatic rings. The number of sulfonamides is 1. The van der Waals surface area contributed by atoms with E-state index >= 15 is 0 Å². The van der Waals surface area contributed by atoms with E-state index in [1.54, 1.807) is 31.3 Å². The minimum Gasteiger partial charge on any atom is -0.467 e. The lowest BCUT2D eigenvalue weighted by Crippen LogP contribution is -2.27. The van der Waals surface area contributed by atoms with Crippen molar-refractivity contribution in [3.05, 3.63) is 54.3 Å². The summed E-state index contributed by atoms with van der Waals surface area (Å²) in [5, 5.41) is 7.72. The second-order valence-corrected chi connectivity index (χ2v) is 8.73. The van der Waals surface area contributed by atoms with Crippen LogP contribution in [0.4, 0.5) is 0 Å². The third kappa shape index (κ3) is 3.94. The molecule has 2 aromatic heterocycles. The molecule has 0 aliphatic carbocycles. The molecule has 1 aliphatic heterocycles. The molecule has 0 spiro atoms. The molecule has 0 bridgehead atoms. The van der Waals surface area contributed by atoms with Gasteiger partial charge in [-0.3, -0.25) is 4.79 Å². The van der Waals surface area contributed by atoms with Crippen LogP contribution in [0, 0.1) is 0 Å². The lowest BCUT2D eigenvalue weighted by Gasteiger charge is -2.15. The Kier molecular flexibility index (Phi) is 5.20. The molecule has 0 unspecified atom stereocenters. The van der Waals surface area contributed by atoms with Crippen molar-refractivity contribution >= 4 is 15.9 Å². The molecule has 29 heavy (non-hydrogen) atoms. The summed E-state index contributed by atoms with van der Waals surface area (Å²) < 4.78 is 37.4. The van der Waals surface area contributed by atoms with E-state index in [9.17, 15) is 13.2 Å². The van der Waals surface area contributed by atoms with Crippen LogP contribution in [-0.4, -0.2) is 53.9 Å². The van der Waals surface area contributed by atoms with Gasteiger partial charge in [0, 0.05) is 25.7 Å². The highest BCUT2D eigenvalue weighted by Gasteiger charge is 2.27. The maximum Gasteiger partial charge on any atom is 0.311 e. The molecule has 9 nitrogen and oxygen atoms in total. The summed E-state index contributed by atoms with van der Waals surface area (Å²) >= 11 is 0. The number of hydrogen-bond acceptors (Lipinski definition) is 7. The lowest BCUT2D eigenvalue weighted by atomic mass is 10.2. The molecule has 1 saturated heterocycles. The van der Waals surface area contributed by atoms with Gasteiger partial charge in [-0.15, -0.1) is 10.2 Å². The van der Waals surface area contributed by atoms with Crippen LogP contribution in [0.1, 0.15) is 29.3 Å². The van der Waals surface area contributed by atoms with Gasteiger partial charge in [-0.05, 0) is 49.2 Å². The van der Waals surface area contributed by atoms with Gasteiger partial charge in [0.1, 0.15) is 5.76 Å². The molecular formula is C19H20N4O5S. The van der Waals surface area contributed by atoms with Crippen molar-refractivity contribution in [2.75, 3.05) is 20.1 Å². The van der Waals surface area contributed by atoms with Crippen molar-refractivity contribution in [2.45, 2.75) is 24.3 Å². The fourth-order valence-electron chi connectivity index (χ4n) is 3.14. The number of hydrogen-bond donors (Lipinski definition) is 0. The highest BCUT2D eigenvalue weighted by Crippen LogP contribution is 2.24. The first kappa shape index (κ1) is 19.3. The minimum absolute atomic E-state index is 0.143. The molecule has 0 N–H and O–H groups in total. The van der Waals surface area contributed by atoms with Crippen molar-refractivity contribution in [2.24, 2.45) is 0 Å². The summed E-state index contributed by atoms with van der Waals surface area (Å²) in [5.74, 6) is 0.191. The normalized spacial score (nSPS) is 14.9. The Morgan fingerprint density at radius 2 is 1.86 bits per heavy atom. The van der Waals surface area contributed by atoms with Crippen LogP contribution in [-0.2, 0) is 16.6 Å². The standard InChI is InChI=1S/C19H20N4O5S/c1-22(13-15-5-4-12-27-15)19(24)18-21-20-17(28-18)14-6-8-16(9-7-14)29(25,26)23-10-2-3-11-23/h4-9,12H,2-3,10-11,13H2,1H3. The molecule has 0 atom stereocenters. The molecule has 10 heteroatoms. The average Bonchev–Trinajstić information content (AvgIpc) is 3.50. The van der Waals surface area contributed by atoms with Gasteiger partial charge in [-0.25, -0.2) is 8.42 Å². The van der Waals surface area contributed by atoms with Gasteiger partial charge in [0.15, 0.2) is 0 Å². The number of nitrogens with zero attached hydrogens (tertiary/aromatic N) is 4. The quantitative estimate of drug-likeness (QED) is 0.607. The van der Waals surface area contributed by atoms with E-state index in [0.717, 1.165) is 12.8 Å². The Hall–Kier alpha value is -2.98. The monoisotopic (exact) mass is 416 g/mol. The Labute approximate surface area is 168 Å². The zero-order valence-corrected chi connectivity index (χ0v) is 16.6. The number of carbonyl (C=O) groups excluding carboxylic acids is 1. The smallest absolute Gasteiger partial charge is 0.311 e. The first-order chi connectivity index (χ1) is 13.9. The van der Waals surface area contributed by atoms with Crippen molar-refractivity contribution in [3.63, 3.8) is 0 Å². The Balaban J connectivity index is 1.48. The van der Waals surface area contributed by atoms with Crippen LogP contribution in [0.2, 0.25) is 0 Å². The van der Waals surface area contributed by atoms with Crippen molar-refractivity contribution in [1.82, 2.24) is 19.4 Å². The average molecular weight is 416 g/mol. The van der Waals surface area contributed by atoms with Gasteiger partial charge in [-0.2, -0.15) is 4.31 Å². The number of benzene rings is 1. The topological polar surface area (TPSA) is 110 Å². The van der Waals surface area contributed by atoms with Crippen molar-refractivity contribution in [3.8, 4) is 11.5 Å². The van der Waals surface area contributed by atoms with Gasteiger partial charge in [-0.1, -0.05) is 0 Å². The molecule has 3 heterocycles. The van der Waals surface area contributed by atoms with E-state index in [0.29, 0.717) is 24.4 Å². The third-order valence-corrected chi connectivity index (χ3v) is 6.64. The molecular weight excluding hydrogens is 396 g/mol. The molecule has 1 aliphatic rings. The second kappa shape index (κ2) is 7.80. The van der Waals surface area contributed by atoms with Crippen LogP contribution < -0.4 is 0 Å². The van der Waals surface area contributed by atoms with Gasteiger partial charge in [0.2, 0.25) is 15.9 Å². The van der Waals surface area contributed by atoms with E-state index in [2.05, 4.69) is 10.2 Å². The lowest BCUT2D eigenvalue weighted by molar-refractivity contribution is 0.0736. The van der Waals surface area contributed by atoms with E-state index in [-0.39, 0.29) is 23.2 Å². The maximum atomic E-state index is 12.6. The third-order valence-electron chi connectivity index (χ3n) is 4.73. The molecule has 1 aromatic carbocycles. The van der Waals surface area contributed by atoms with Crippen LogP contribution in [0.5, 0.6) is 0 Å². The molecule has 152 valence electrons. The number of aromatic nitrogens is 2. The summed E-state index contributed by atoms with van der Waals surface area (Å²) in [4.78, 5) is 14.1. The van der Waals surface area contributed by atoms with Gasteiger partial charge >= 0.3 is 11.8 Å². The first-order valence-electron chi connectivity index (χ1n) is 9.17. The SMILES string of the molecule is CN(Cc1ccco1)C(=O)c1nnc(-c2ccc(S(=O)(=O)N3CCCC3)cc2)o1. The minimum atomic E-state index is -3.49. The first-order valence-corrected chi connectivity index (χ1v) is 10.6. The highest BCUT2D eigenvalue weighted by atomic mass is 32.2. The Bertz CT molecular complexity index is 1080. The largest absolute Gasteiger partial charge is 0.467 e. The second-order valence-electron chi connectivity index (χ2n) is 6.79. The van der Waals surface area contributed by atoms with Crippen molar-refractivity contribution in [1.29, 1.82) is 0 Å². The van der Waals surface area contributed by atoms with E-state index in [4.69, 9.17) is 8.83 Å². The predicted molar refractivity (Wildman–Crippen MR) is 102 cm³/mol. The van der Waals surface area contributed by atoms with E-state index in [1.165, 1.54) is 27.6 Å². The molecule has 4 rings (SSSR count). The molecule has 0 saturated carbocycles. The molecule has 1 amide bonds. The van der Waals surface area contributed by atoms with Gasteiger partial charge in [0.05, 0.1) is 17.7 Å². The summed E-state index contributed by atoms with van der Waals surface area (Å²) in [6.07, 6.45) is 3.29. The van der Waals surface area contributed by atoms with E-state index < -0.39 is 15.9 Å². The molecule has 1 fully saturated rings. The highest BCUT2D eigenvalue weighted by molar-refractivity contribution is 7.89. The number of carbonyl (C=O) groups is 1. The van der Waals surface area contributed by atoms with Crippen LogP contribution in [0.15, 0.2) is 56.4 Å². The van der Waals surface area contributed by atoms with E-state index in [1.807, 2.05) is 0 Å². The zero-order chi connectivity index (χ0) is 20.4. The summed E-state index contributed by atoms with van der Waals surface area (Å²) in [6.45, 7) is 1.36. The fraction of sp³-hybridized carbons (Fsp3) is 0.316. The number of furan rings is 1. The Morgan fingerprint density at radius 1 is 1.14 bits per heavy atom. The number of rotatable bonds is 6. The van der Waals surface area contributed by atoms with Crippen molar-refractivity contribution < 1.29 is 22.0 Å². The predicted octanol–water partition coefficient (Wildman–Crippen LogP) is 2.39. The van der Waals surface area contributed by atoms with Gasteiger partial charge in [0.25, 0.3) is 0 Å². The van der Waals surface area contributed by atoms with Crippen LogP contribution >= 0.6 is 0 Å². The summed E-state index contributed by atoms with van der Waals surface area (Å²) in [7, 11) is -1.88. The molecule has 0 radical (unpaired) electrons. The van der Waals surface area contributed by atoms with Crippen LogP contribution in [0.3, 0.4) is 0 Å². The van der Waals surface area contributed by atoms with Gasteiger partial charge < -0.3 is 13.7 Å². The zero-order valence-electron chi connectivity index (χ0n) is 15.8.